The molecular formula is C10H15N2O2-. The van der Waals surface area contributed by atoms with Crippen LogP contribution in [0.3, 0.4) is 0 Å². The van der Waals surface area contributed by atoms with Gasteiger partial charge in [0.05, 0.1) is 0 Å². The summed E-state index contributed by atoms with van der Waals surface area (Å²) in [5, 5.41) is 10.2. The Hall–Kier alpha value is -1.45. The quantitative estimate of drug-likeness (QED) is 0.601. The standard InChI is InChI=1S/C10H16N2O2/c1-11(2)9-3-6-12(7-4-9)8-5-10(13)14/h3-4,6H,5,7-8H2,1-2H3,(H,13,14)/p-1. The van der Waals surface area contributed by atoms with Gasteiger partial charge in [-0.3, -0.25) is 0 Å². The maximum Gasteiger partial charge on any atom is 0.0431 e. The number of carboxylic acids is 1. The van der Waals surface area contributed by atoms with Crippen LogP contribution in [0, 0.1) is 0 Å². The van der Waals surface area contributed by atoms with E-state index < -0.39 is 5.97 Å². The van der Waals surface area contributed by atoms with Crippen molar-refractivity contribution in [1.29, 1.82) is 0 Å². The molecule has 0 fully saturated rings. The third-order valence-electron chi connectivity index (χ3n) is 2.11. The van der Waals surface area contributed by atoms with Gasteiger partial charge in [0.15, 0.2) is 0 Å². The third-order valence-corrected chi connectivity index (χ3v) is 2.11. The molecule has 0 amide bonds. The Kier molecular flexibility index (Phi) is 3.56. The van der Waals surface area contributed by atoms with Crippen molar-refractivity contribution >= 4 is 5.97 Å². The Morgan fingerprint density at radius 3 is 2.79 bits per heavy atom. The Morgan fingerprint density at radius 2 is 2.36 bits per heavy atom. The second kappa shape index (κ2) is 4.69. The lowest BCUT2D eigenvalue weighted by Gasteiger charge is -2.25. The predicted molar refractivity (Wildman–Crippen MR) is 52.1 cm³/mol. The number of carbonyl (C=O) groups excluding carboxylic acids is 1. The number of aliphatic carboxylic acids is 1. The summed E-state index contributed by atoms with van der Waals surface area (Å²) in [7, 11) is 3.96. The molecule has 0 aromatic heterocycles. The summed E-state index contributed by atoms with van der Waals surface area (Å²) >= 11 is 0. The number of likely N-dealkylation sites (N-methyl/N-ethyl adjacent to an activating group) is 1. The van der Waals surface area contributed by atoms with Gasteiger partial charge in [-0.2, -0.15) is 0 Å². The SMILES string of the molecule is CN(C)C1=CCN(CCC(=O)[O-])C=C1. The van der Waals surface area contributed by atoms with Crippen molar-refractivity contribution in [3.63, 3.8) is 0 Å². The van der Waals surface area contributed by atoms with E-state index in [0.717, 1.165) is 12.2 Å². The fourth-order valence-corrected chi connectivity index (χ4v) is 1.25. The first-order chi connectivity index (χ1) is 6.59. The highest BCUT2D eigenvalue weighted by molar-refractivity contribution is 5.64. The average molecular weight is 195 g/mol. The average Bonchev–Trinajstić information content (AvgIpc) is 2.15. The molecule has 1 heterocycles. The van der Waals surface area contributed by atoms with Crippen LogP contribution in [0.5, 0.6) is 0 Å². The van der Waals surface area contributed by atoms with Crippen LogP contribution < -0.4 is 5.11 Å². The molecule has 14 heavy (non-hydrogen) atoms. The summed E-state index contributed by atoms with van der Waals surface area (Å²) in [5.41, 5.74) is 1.15. The van der Waals surface area contributed by atoms with E-state index in [1.54, 1.807) is 0 Å². The van der Waals surface area contributed by atoms with Crippen LogP contribution in [-0.2, 0) is 4.79 Å². The lowest BCUT2D eigenvalue weighted by Crippen LogP contribution is -2.30. The summed E-state index contributed by atoms with van der Waals surface area (Å²) in [5.74, 6) is -0.999. The van der Waals surface area contributed by atoms with Gasteiger partial charge in [0.25, 0.3) is 0 Å². The zero-order valence-corrected chi connectivity index (χ0v) is 8.56. The zero-order chi connectivity index (χ0) is 10.6. The third kappa shape index (κ3) is 3.12. The Balaban J connectivity index is 2.37. The molecule has 0 aliphatic carbocycles. The molecule has 0 aromatic carbocycles. The topological polar surface area (TPSA) is 46.6 Å². The van der Waals surface area contributed by atoms with Gasteiger partial charge in [0.1, 0.15) is 0 Å². The van der Waals surface area contributed by atoms with Crippen molar-refractivity contribution in [3.8, 4) is 0 Å². The minimum Gasteiger partial charge on any atom is -0.550 e. The highest BCUT2D eigenvalue weighted by Crippen LogP contribution is 2.08. The first kappa shape index (κ1) is 10.6. The number of carbonyl (C=O) groups is 1. The molecule has 1 aliphatic heterocycles. The molecule has 4 nitrogen and oxygen atoms in total. The van der Waals surface area contributed by atoms with Gasteiger partial charge in [0, 0.05) is 51.5 Å². The second-order valence-electron chi connectivity index (χ2n) is 3.46. The molecule has 0 bridgehead atoms. The number of hydrogen-bond donors (Lipinski definition) is 0. The minimum atomic E-state index is -0.999. The summed E-state index contributed by atoms with van der Waals surface area (Å²) in [4.78, 5) is 14.2. The molecule has 78 valence electrons. The van der Waals surface area contributed by atoms with Gasteiger partial charge < -0.3 is 19.7 Å². The van der Waals surface area contributed by atoms with Crippen LogP contribution in [0.2, 0.25) is 0 Å². The first-order valence-electron chi connectivity index (χ1n) is 4.59. The normalized spacial score (nSPS) is 15.3. The Labute approximate surface area is 84.1 Å². The molecule has 0 saturated heterocycles. The van der Waals surface area contributed by atoms with E-state index in [1.807, 2.05) is 36.2 Å². The van der Waals surface area contributed by atoms with Crippen LogP contribution in [-0.4, -0.2) is 43.0 Å². The van der Waals surface area contributed by atoms with E-state index in [-0.39, 0.29) is 6.42 Å². The molecular weight excluding hydrogens is 180 g/mol. The first-order valence-corrected chi connectivity index (χ1v) is 4.59. The fraction of sp³-hybridized carbons (Fsp3) is 0.500. The molecule has 1 rings (SSSR count). The van der Waals surface area contributed by atoms with Crippen LogP contribution in [0.15, 0.2) is 24.0 Å². The molecule has 0 N–H and O–H groups in total. The molecule has 4 heteroatoms. The van der Waals surface area contributed by atoms with Gasteiger partial charge >= 0.3 is 0 Å². The van der Waals surface area contributed by atoms with Crippen molar-refractivity contribution in [2.24, 2.45) is 0 Å². The van der Waals surface area contributed by atoms with Crippen molar-refractivity contribution < 1.29 is 9.90 Å². The van der Waals surface area contributed by atoms with Crippen molar-refractivity contribution in [2.45, 2.75) is 6.42 Å². The van der Waals surface area contributed by atoms with E-state index in [1.165, 1.54) is 0 Å². The highest BCUT2D eigenvalue weighted by atomic mass is 16.4. The van der Waals surface area contributed by atoms with Crippen molar-refractivity contribution in [3.05, 3.63) is 24.0 Å². The number of hydrogen-bond acceptors (Lipinski definition) is 4. The summed E-state index contributed by atoms with van der Waals surface area (Å²) in [6, 6.07) is 0. The van der Waals surface area contributed by atoms with Gasteiger partial charge in [-0.25, -0.2) is 0 Å². The monoisotopic (exact) mass is 195 g/mol. The molecule has 0 spiro atoms. The second-order valence-corrected chi connectivity index (χ2v) is 3.46. The van der Waals surface area contributed by atoms with E-state index in [2.05, 4.69) is 6.08 Å². The summed E-state index contributed by atoms with van der Waals surface area (Å²) < 4.78 is 0. The molecule has 1 aliphatic rings. The Morgan fingerprint density at radius 1 is 1.64 bits per heavy atom. The van der Waals surface area contributed by atoms with Crippen LogP contribution in [0.4, 0.5) is 0 Å². The maximum absolute atomic E-state index is 10.2. The Bertz CT molecular complexity index is 269. The molecule has 0 aromatic rings. The smallest absolute Gasteiger partial charge is 0.0431 e. The summed E-state index contributed by atoms with van der Waals surface area (Å²) in [6.07, 6.45) is 6.03. The van der Waals surface area contributed by atoms with Gasteiger partial charge in [-0.05, 0) is 12.2 Å². The summed E-state index contributed by atoms with van der Waals surface area (Å²) in [6.45, 7) is 1.27. The molecule has 0 unspecified atom stereocenters. The van der Waals surface area contributed by atoms with E-state index in [9.17, 15) is 9.90 Å². The lowest BCUT2D eigenvalue weighted by atomic mass is 10.2. The van der Waals surface area contributed by atoms with Crippen LogP contribution >= 0.6 is 0 Å². The van der Waals surface area contributed by atoms with Crippen LogP contribution in [0.1, 0.15) is 6.42 Å². The van der Waals surface area contributed by atoms with Crippen molar-refractivity contribution in [2.75, 3.05) is 27.2 Å². The minimum absolute atomic E-state index is 0.0788. The molecule has 0 atom stereocenters. The van der Waals surface area contributed by atoms with E-state index in [4.69, 9.17) is 0 Å². The van der Waals surface area contributed by atoms with E-state index >= 15 is 0 Å². The van der Waals surface area contributed by atoms with E-state index in [0.29, 0.717) is 6.54 Å². The van der Waals surface area contributed by atoms with Gasteiger partial charge in [-0.1, -0.05) is 0 Å². The number of nitrogens with zero attached hydrogens (tertiary/aromatic N) is 2. The highest BCUT2D eigenvalue weighted by Gasteiger charge is 2.04. The predicted octanol–water partition coefficient (Wildman–Crippen LogP) is -0.599. The fourth-order valence-electron chi connectivity index (χ4n) is 1.25. The lowest BCUT2D eigenvalue weighted by molar-refractivity contribution is -0.305. The van der Waals surface area contributed by atoms with Gasteiger partial charge in [0.2, 0.25) is 0 Å². The molecule has 0 saturated carbocycles. The maximum atomic E-state index is 10.2. The number of allylic oxidation sites excluding steroid dienone is 1. The van der Waals surface area contributed by atoms with Crippen molar-refractivity contribution in [1.82, 2.24) is 9.80 Å². The van der Waals surface area contributed by atoms with Gasteiger partial charge in [-0.15, -0.1) is 0 Å². The molecule has 0 radical (unpaired) electrons. The number of rotatable bonds is 4. The van der Waals surface area contributed by atoms with Crippen LogP contribution in [0.25, 0.3) is 0 Å². The number of carboxylic acid groups (broad SMARTS) is 1. The zero-order valence-electron chi connectivity index (χ0n) is 8.56. The largest absolute Gasteiger partial charge is 0.550 e.